The Balaban J connectivity index is 2.02. The van der Waals surface area contributed by atoms with Crippen molar-refractivity contribution in [3.05, 3.63) is 82.3 Å². The molecule has 0 unspecified atom stereocenters. The van der Waals surface area contributed by atoms with Crippen LogP contribution in [0.1, 0.15) is 11.3 Å². The highest BCUT2D eigenvalue weighted by Gasteiger charge is 2.19. The number of nitrogens with zero attached hydrogens (tertiary/aromatic N) is 3. The molecule has 0 atom stereocenters. The van der Waals surface area contributed by atoms with E-state index in [1.165, 1.54) is 5.56 Å². The molecule has 0 aliphatic heterocycles. The van der Waals surface area contributed by atoms with Gasteiger partial charge in [0.05, 0.1) is 11.4 Å². The molecule has 0 spiro atoms. The third kappa shape index (κ3) is 2.80. The Labute approximate surface area is 136 Å². The van der Waals surface area contributed by atoms with Gasteiger partial charge < -0.3 is 4.90 Å². The lowest BCUT2D eigenvalue weighted by Crippen LogP contribution is -2.25. The molecule has 118 valence electrons. The van der Waals surface area contributed by atoms with Crippen LogP contribution in [-0.4, -0.2) is 16.4 Å². The maximum atomic E-state index is 12.9. The van der Waals surface area contributed by atoms with Gasteiger partial charge >= 0.3 is 0 Å². The smallest absolute Gasteiger partial charge is 0.295 e. The number of hydrogen-bond acceptors (Lipinski definition) is 2. The fourth-order valence-corrected chi connectivity index (χ4v) is 2.93. The number of para-hydroxylation sites is 1. The van der Waals surface area contributed by atoms with Crippen LogP contribution in [0.15, 0.2) is 65.5 Å². The lowest BCUT2D eigenvalue weighted by Gasteiger charge is -2.17. The van der Waals surface area contributed by atoms with E-state index in [0.29, 0.717) is 6.54 Å². The Kier molecular flexibility index (Phi) is 4.06. The van der Waals surface area contributed by atoms with E-state index in [9.17, 15) is 4.79 Å². The summed E-state index contributed by atoms with van der Waals surface area (Å²) in [7, 11) is 3.88. The minimum absolute atomic E-state index is 0.00892. The van der Waals surface area contributed by atoms with Crippen LogP contribution in [0.2, 0.25) is 0 Å². The third-order valence-corrected chi connectivity index (χ3v) is 4.17. The second-order valence-corrected chi connectivity index (χ2v) is 5.75. The van der Waals surface area contributed by atoms with E-state index in [1.54, 1.807) is 4.68 Å². The molecule has 1 heterocycles. The molecule has 0 fully saturated rings. The summed E-state index contributed by atoms with van der Waals surface area (Å²) in [6, 6.07) is 19.9. The second-order valence-electron chi connectivity index (χ2n) is 5.75. The molecule has 0 saturated carbocycles. The van der Waals surface area contributed by atoms with Crippen molar-refractivity contribution in [1.82, 2.24) is 9.36 Å². The molecule has 4 heteroatoms. The van der Waals surface area contributed by atoms with Crippen LogP contribution in [-0.2, 0) is 13.6 Å². The predicted molar refractivity (Wildman–Crippen MR) is 94.3 cm³/mol. The average molecular weight is 307 g/mol. The van der Waals surface area contributed by atoms with Gasteiger partial charge in [-0.2, -0.15) is 0 Å². The molecule has 3 aromatic rings. The van der Waals surface area contributed by atoms with Crippen LogP contribution in [0, 0.1) is 6.92 Å². The topological polar surface area (TPSA) is 30.2 Å². The molecular formula is C19H21N3O. The van der Waals surface area contributed by atoms with Crippen molar-refractivity contribution in [3.63, 3.8) is 0 Å². The van der Waals surface area contributed by atoms with Gasteiger partial charge in [-0.25, -0.2) is 4.68 Å². The number of anilines is 1. The normalized spacial score (nSPS) is 10.7. The maximum absolute atomic E-state index is 12.9. The first-order chi connectivity index (χ1) is 11.1. The molecule has 0 bridgehead atoms. The quantitative estimate of drug-likeness (QED) is 0.741. The fourth-order valence-electron chi connectivity index (χ4n) is 2.93. The van der Waals surface area contributed by atoms with Crippen LogP contribution in [0.25, 0.3) is 5.69 Å². The zero-order valence-electron chi connectivity index (χ0n) is 13.7. The molecule has 4 nitrogen and oxygen atoms in total. The molecule has 0 aliphatic carbocycles. The largest absolute Gasteiger partial charge is 0.364 e. The molecule has 0 radical (unpaired) electrons. The van der Waals surface area contributed by atoms with Crippen molar-refractivity contribution in [3.8, 4) is 5.69 Å². The Hall–Kier alpha value is -2.75. The summed E-state index contributed by atoms with van der Waals surface area (Å²) in [5, 5.41) is 0. The molecule has 0 N–H and O–H groups in total. The summed E-state index contributed by atoms with van der Waals surface area (Å²) in [6.45, 7) is 2.69. The van der Waals surface area contributed by atoms with Gasteiger partial charge in [0.25, 0.3) is 5.56 Å². The first-order valence-corrected chi connectivity index (χ1v) is 7.68. The fraction of sp³-hybridized carbons (Fsp3) is 0.211. The summed E-state index contributed by atoms with van der Waals surface area (Å²) in [6.07, 6.45) is 0. The van der Waals surface area contributed by atoms with Gasteiger partial charge in [0.1, 0.15) is 5.69 Å². The highest BCUT2D eigenvalue weighted by Crippen LogP contribution is 2.18. The average Bonchev–Trinajstić information content (AvgIpc) is 2.79. The number of hydrogen-bond donors (Lipinski definition) is 0. The molecular weight excluding hydrogens is 286 g/mol. The summed E-state index contributed by atoms with van der Waals surface area (Å²) in [4.78, 5) is 15.0. The van der Waals surface area contributed by atoms with Crippen molar-refractivity contribution in [2.75, 3.05) is 11.9 Å². The number of rotatable bonds is 4. The predicted octanol–water partition coefficient (Wildman–Crippen LogP) is 3.12. The van der Waals surface area contributed by atoms with Crippen LogP contribution < -0.4 is 10.5 Å². The molecule has 2 aromatic carbocycles. The van der Waals surface area contributed by atoms with Crippen molar-refractivity contribution in [2.24, 2.45) is 7.05 Å². The van der Waals surface area contributed by atoms with Gasteiger partial charge in [0.15, 0.2) is 0 Å². The van der Waals surface area contributed by atoms with Gasteiger partial charge in [0, 0.05) is 20.6 Å². The van der Waals surface area contributed by atoms with Gasteiger partial charge in [-0.15, -0.1) is 0 Å². The zero-order chi connectivity index (χ0) is 16.4. The summed E-state index contributed by atoms with van der Waals surface area (Å²) >= 11 is 0. The molecule has 23 heavy (non-hydrogen) atoms. The highest BCUT2D eigenvalue weighted by atomic mass is 16.1. The zero-order valence-corrected chi connectivity index (χ0v) is 13.7. The Bertz CT molecular complexity index is 848. The summed E-state index contributed by atoms with van der Waals surface area (Å²) < 4.78 is 3.63. The second kappa shape index (κ2) is 6.16. The third-order valence-electron chi connectivity index (χ3n) is 4.17. The van der Waals surface area contributed by atoms with E-state index in [1.807, 2.05) is 79.1 Å². The van der Waals surface area contributed by atoms with Crippen LogP contribution >= 0.6 is 0 Å². The van der Waals surface area contributed by atoms with E-state index >= 15 is 0 Å². The Morgan fingerprint density at radius 2 is 1.52 bits per heavy atom. The van der Waals surface area contributed by atoms with E-state index in [4.69, 9.17) is 0 Å². The van der Waals surface area contributed by atoms with E-state index in [2.05, 4.69) is 12.1 Å². The monoisotopic (exact) mass is 307 g/mol. The lowest BCUT2D eigenvalue weighted by atomic mass is 10.2. The minimum atomic E-state index is 0.00892. The number of aromatic nitrogens is 2. The van der Waals surface area contributed by atoms with Crippen molar-refractivity contribution < 1.29 is 0 Å². The van der Waals surface area contributed by atoms with E-state index < -0.39 is 0 Å². The standard InChI is InChI=1S/C19H21N3O/c1-15-18(20(2)14-16-10-6-4-7-11-16)19(23)22(21(15)3)17-12-8-5-9-13-17/h4-13H,14H2,1-3H3. The van der Waals surface area contributed by atoms with E-state index in [0.717, 1.165) is 17.1 Å². The SMILES string of the molecule is Cc1c(N(C)Cc2ccccc2)c(=O)n(-c2ccccc2)n1C. The van der Waals surface area contributed by atoms with E-state index in [-0.39, 0.29) is 5.56 Å². The van der Waals surface area contributed by atoms with Crippen LogP contribution in [0.4, 0.5) is 5.69 Å². The lowest BCUT2D eigenvalue weighted by molar-refractivity contribution is 0.630. The summed E-state index contributed by atoms with van der Waals surface area (Å²) in [5.74, 6) is 0. The number of benzene rings is 2. The van der Waals surface area contributed by atoms with Crippen LogP contribution in [0.3, 0.4) is 0 Å². The first-order valence-electron chi connectivity index (χ1n) is 7.68. The molecule has 0 saturated heterocycles. The Morgan fingerprint density at radius 3 is 2.13 bits per heavy atom. The van der Waals surface area contributed by atoms with Gasteiger partial charge in [-0.05, 0) is 24.6 Å². The molecule has 3 rings (SSSR count). The first kappa shape index (κ1) is 15.2. The molecule has 1 aromatic heterocycles. The molecule has 0 amide bonds. The van der Waals surface area contributed by atoms with Crippen molar-refractivity contribution >= 4 is 5.69 Å². The highest BCUT2D eigenvalue weighted by molar-refractivity contribution is 5.51. The van der Waals surface area contributed by atoms with Crippen LogP contribution in [0.5, 0.6) is 0 Å². The van der Waals surface area contributed by atoms with Gasteiger partial charge in [0.2, 0.25) is 0 Å². The summed E-state index contributed by atoms with van der Waals surface area (Å²) in [5.41, 5.74) is 3.76. The van der Waals surface area contributed by atoms with Crippen molar-refractivity contribution in [2.45, 2.75) is 13.5 Å². The van der Waals surface area contributed by atoms with Gasteiger partial charge in [-0.1, -0.05) is 48.5 Å². The van der Waals surface area contributed by atoms with Gasteiger partial charge in [-0.3, -0.25) is 9.48 Å². The Morgan fingerprint density at radius 1 is 0.957 bits per heavy atom. The van der Waals surface area contributed by atoms with Crippen molar-refractivity contribution in [1.29, 1.82) is 0 Å². The minimum Gasteiger partial charge on any atom is -0.364 e. The maximum Gasteiger partial charge on any atom is 0.295 e. The molecule has 0 aliphatic rings.